The van der Waals surface area contributed by atoms with E-state index in [1.165, 1.54) is 19.3 Å². The first-order chi connectivity index (χ1) is 8.77. The molecule has 1 saturated carbocycles. The van der Waals surface area contributed by atoms with Gasteiger partial charge in [0, 0.05) is 32.0 Å². The maximum Gasteiger partial charge on any atom is 0.224 e. The van der Waals surface area contributed by atoms with E-state index in [0.29, 0.717) is 13.0 Å². The number of rotatable bonds is 4. The summed E-state index contributed by atoms with van der Waals surface area (Å²) in [6, 6.07) is 0. The molecular weight excluding hydrogens is 228 g/mol. The second-order valence-electron chi connectivity index (χ2n) is 5.46. The first-order valence-electron chi connectivity index (χ1n) is 7.33. The van der Waals surface area contributed by atoms with Crippen molar-refractivity contribution in [3.8, 4) is 0 Å². The first-order valence-corrected chi connectivity index (χ1v) is 7.33. The van der Waals surface area contributed by atoms with Crippen LogP contribution >= 0.6 is 0 Å². The van der Waals surface area contributed by atoms with Crippen LogP contribution in [0.25, 0.3) is 0 Å². The summed E-state index contributed by atoms with van der Waals surface area (Å²) >= 11 is 0. The van der Waals surface area contributed by atoms with Crippen molar-refractivity contribution in [3.63, 3.8) is 0 Å². The monoisotopic (exact) mass is 252 g/mol. The number of hydrogen-bond acceptors (Lipinski definition) is 2. The molecule has 4 heteroatoms. The third-order valence-corrected chi connectivity index (χ3v) is 4.07. The van der Waals surface area contributed by atoms with Gasteiger partial charge in [0.15, 0.2) is 0 Å². The van der Waals surface area contributed by atoms with Gasteiger partial charge in [-0.15, -0.1) is 0 Å². The van der Waals surface area contributed by atoms with E-state index in [0.717, 1.165) is 38.8 Å². The minimum atomic E-state index is 0.152. The fourth-order valence-corrected chi connectivity index (χ4v) is 2.93. The molecule has 2 amide bonds. The van der Waals surface area contributed by atoms with Crippen LogP contribution in [0.15, 0.2) is 0 Å². The van der Waals surface area contributed by atoms with E-state index in [-0.39, 0.29) is 17.7 Å². The highest BCUT2D eigenvalue weighted by molar-refractivity contribution is 5.80. The van der Waals surface area contributed by atoms with Crippen LogP contribution < -0.4 is 5.32 Å². The molecule has 0 radical (unpaired) electrons. The van der Waals surface area contributed by atoms with Crippen LogP contribution in [-0.4, -0.2) is 36.3 Å². The summed E-state index contributed by atoms with van der Waals surface area (Å²) in [6.07, 6.45) is 8.33. The van der Waals surface area contributed by atoms with Gasteiger partial charge < -0.3 is 10.2 Å². The molecule has 1 heterocycles. The van der Waals surface area contributed by atoms with Crippen LogP contribution in [0.5, 0.6) is 0 Å². The van der Waals surface area contributed by atoms with Gasteiger partial charge in [-0.2, -0.15) is 0 Å². The van der Waals surface area contributed by atoms with Crippen molar-refractivity contribution in [2.45, 2.75) is 51.4 Å². The summed E-state index contributed by atoms with van der Waals surface area (Å²) in [5, 5.41) is 2.91. The number of carbonyl (C=O) groups excluding carboxylic acids is 2. The van der Waals surface area contributed by atoms with Crippen molar-refractivity contribution >= 4 is 11.8 Å². The highest BCUT2D eigenvalue weighted by Gasteiger charge is 2.22. The molecule has 1 aliphatic carbocycles. The largest absolute Gasteiger partial charge is 0.355 e. The molecule has 1 saturated heterocycles. The summed E-state index contributed by atoms with van der Waals surface area (Å²) in [7, 11) is 0. The second-order valence-corrected chi connectivity index (χ2v) is 5.46. The van der Waals surface area contributed by atoms with Crippen LogP contribution in [0.1, 0.15) is 51.4 Å². The number of likely N-dealkylation sites (tertiary alicyclic amines) is 1. The molecular formula is C14H24N2O2. The Kier molecular flexibility index (Phi) is 5.02. The summed E-state index contributed by atoms with van der Waals surface area (Å²) < 4.78 is 0. The van der Waals surface area contributed by atoms with E-state index < -0.39 is 0 Å². The van der Waals surface area contributed by atoms with Crippen LogP contribution in [0.3, 0.4) is 0 Å². The van der Waals surface area contributed by atoms with Crippen LogP contribution in [0.4, 0.5) is 0 Å². The molecule has 0 spiro atoms. The molecule has 1 aliphatic heterocycles. The topological polar surface area (TPSA) is 49.4 Å². The quantitative estimate of drug-likeness (QED) is 0.828. The Balaban J connectivity index is 1.62. The van der Waals surface area contributed by atoms with Gasteiger partial charge in [0.05, 0.1) is 0 Å². The lowest BCUT2D eigenvalue weighted by Crippen LogP contribution is -2.38. The minimum absolute atomic E-state index is 0.152. The molecule has 102 valence electrons. The smallest absolute Gasteiger partial charge is 0.224 e. The summed E-state index contributed by atoms with van der Waals surface area (Å²) in [6.45, 7) is 2.30. The van der Waals surface area contributed by atoms with Crippen LogP contribution in [0.2, 0.25) is 0 Å². The Hall–Kier alpha value is -1.06. The fraction of sp³-hybridized carbons (Fsp3) is 0.857. The van der Waals surface area contributed by atoms with Crippen molar-refractivity contribution in [1.82, 2.24) is 10.2 Å². The molecule has 0 aromatic rings. The van der Waals surface area contributed by atoms with Crippen LogP contribution in [0, 0.1) is 5.92 Å². The molecule has 18 heavy (non-hydrogen) atoms. The van der Waals surface area contributed by atoms with E-state index in [1.54, 1.807) is 0 Å². The predicted molar refractivity (Wildman–Crippen MR) is 70.0 cm³/mol. The van der Waals surface area contributed by atoms with Gasteiger partial charge in [0.2, 0.25) is 11.8 Å². The second kappa shape index (κ2) is 6.76. The Bertz CT molecular complexity index is 292. The zero-order valence-electron chi connectivity index (χ0n) is 11.1. The highest BCUT2D eigenvalue weighted by Crippen LogP contribution is 2.24. The van der Waals surface area contributed by atoms with Gasteiger partial charge in [-0.25, -0.2) is 0 Å². The van der Waals surface area contributed by atoms with Crippen molar-refractivity contribution < 1.29 is 9.59 Å². The van der Waals surface area contributed by atoms with E-state index in [4.69, 9.17) is 0 Å². The normalized spacial score (nSPS) is 21.0. The Labute approximate surface area is 109 Å². The molecule has 0 unspecified atom stereocenters. The third-order valence-electron chi connectivity index (χ3n) is 4.07. The molecule has 0 aromatic heterocycles. The van der Waals surface area contributed by atoms with Crippen molar-refractivity contribution in [2.24, 2.45) is 5.92 Å². The van der Waals surface area contributed by atoms with Gasteiger partial charge in [-0.3, -0.25) is 9.59 Å². The molecule has 0 bridgehead atoms. The number of nitrogens with one attached hydrogen (secondary N) is 1. The van der Waals surface area contributed by atoms with E-state index in [2.05, 4.69) is 5.32 Å². The van der Waals surface area contributed by atoms with Crippen molar-refractivity contribution in [3.05, 3.63) is 0 Å². The third kappa shape index (κ3) is 3.72. The number of piperidine rings is 1. The van der Waals surface area contributed by atoms with E-state index in [9.17, 15) is 9.59 Å². The zero-order chi connectivity index (χ0) is 12.8. The first kappa shape index (κ1) is 13.4. The highest BCUT2D eigenvalue weighted by atomic mass is 16.2. The average molecular weight is 252 g/mol. The van der Waals surface area contributed by atoms with E-state index in [1.807, 2.05) is 4.90 Å². The van der Waals surface area contributed by atoms with Gasteiger partial charge in [-0.1, -0.05) is 12.8 Å². The lowest BCUT2D eigenvalue weighted by molar-refractivity contribution is -0.132. The Morgan fingerprint density at radius 1 is 1.00 bits per heavy atom. The minimum Gasteiger partial charge on any atom is -0.355 e. The standard InChI is InChI=1S/C14H24N2O2/c17-13(16-10-4-1-5-11-16)8-9-15-14(18)12-6-2-3-7-12/h12H,1-11H2,(H,15,18). The molecule has 0 aromatic carbocycles. The van der Waals surface area contributed by atoms with Crippen LogP contribution in [-0.2, 0) is 9.59 Å². The summed E-state index contributed by atoms with van der Waals surface area (Å²) in [5.41, 5.74) is 0. The van der Waals surface area contributed by atoms with E-state index >= 15 is 0 Å². The van der Waals surface area contributed by atoms with Gasteiger partial charge >= 0.3 is 0 Å². The lowest BCUT2D eigenvalue weighted by Gasteiger charge is -2.26. The van der Waals surface area contributed by atoms with Gasteiger partial charge in [-0.05, 0) is 32.1 Å². The number of hydrogen-bond donors (Lipinski definition) is 1. The SMILES string of the molecule is O=C(NCCC(=O)N1CCCCC1)C1CCCC1. The van der Waals surface area contributed by atoms with Gasteiger partial charge in [0.1, 0.15) is 0 Å². The summed E-state index contributed by atoms with van der Waals surface area (Å²) in [4.78, 5) is 25.6. The summed E-state index contributed by atoms with van der Waals surface area (Å²) in [5.74, 6) is 0.551. The number of amides is 2. The molecule has 1 N–H and O–H groups in total. The molecule has 4 nitrogen and oxygen atoms in total. The molecule has 2 aliphatic rings. The maximum atomic E-state index is 11.9. The zero-order valence-corrected chi connectivity index (χ0v) is 11.1. The average Bonchev–Trinajstić information content (AvgIpc) is 2.93. The maximum absolute atomic E-state index is 11.9. The van der Waals surface area contributed by atoms with Gasteiger partial charge in [0.25, 0.3) is 0 Å². The predicted octanol–water partition coefficient (Wildman–Crippen LogP) is 1.70. The Morgan fingerprint density at radius 2 is 1.67 bits per heavy atom. The fourth-order valence-electron chi connectivity index (χ4n) is 2.93. The van der Waals surface area contributed by atoms with Crippen molar-refractivity contribution in [1.29, 1.82) is 0 Å². The number of carbonyl (C=O) groups is 2. The number of nitrogens with zero attached hydrogens (tertiary/aromatic N) is 1. The molecule has 2 fully saturated rings. The molecule has 0 atom stereocenters. The molecule has 2 rings (SSSR count). The Morgan fingerprint density at radius 3 is 2.33 bits per heavy atom. The van der Waals surface area contributed by atoms with Crippen molar-refractivity contribution in [2.75, 3.05) is 19.6 Å². The lowest BCUT2D eigenvalue weighted by atomic mass is 10.1.